The van der Waals surface area contributed by atoms with Crippen molar-refractivity contribution in [2.75, 3.05) is 12.3 Å². The molecule has 0 amide bonds. The summed E-state index contributed by atoms with van der Waals surface area (Å²) < 4.78 is 24.5. The van der Waals surface area contributed by atoms with E-state index in [2.05, 4.69) is 0 Å². The minimum Gasteiger partial charge on any atom is -0.462 e. The van der Waals surface area contributed by atoms with Gasteiger partial charge < -0.3 is 15.2 Å². The molecule has 2 rings (SSSR count). The third-order valence-electron chi connectivity index (χ3n) is 2.91. The van der Waals surface area contributed by atoms with Crippen LogP contribution < -0.4 is 10.5 Å². The molecule has 21 heavy (non-hydrogen) atoms. The van der Waals surface area contributed by atoms with Crippen LogP contribution in [0.2, 0.25) is 0 Å². The molecule has 0 bridgehead atoms. The lowest BCUT2D eigenvalue weighted by Gasteiger charge is -2.13. The standard InChI is InChI=1S/C16H16FNO3/c1-3-20-16(19)11-7-5-8-12(18)15(11)21-13-9-4-6-10(2)14(13)17/h4-9H,3,18H2,1-2H3. The number of hydrogen-bond acceptors (Lipinski definition) is 4. The second kappa shape index (κ2) is 6.26. The fraction of sp³-hybridized carbons (Fsp3) is 0.188. The Labute approximate surface area is 122 Å². The van der Waals surface area contributed by atoms with E-state index in [1.165, 1.54) is 12.1 Å². The molecule has 0 saturated heterocycles. The molecule has 5 heteroatoms. The van der Waals surface area contributed by atoms with Crippen molar-refractivity contribution in [1.82, 2.24) is 0 Å². The highest BCUT2D eigenvalue weighted by Crippen LogP contribution is 2.33. The average Bonchev–Trinajstić information content (AvgIpc) is 2.46. The van der Waals surface area contributed by atoms with E-state index in [1.807, 2.05) is 0 Å². The number of anilines is 1. The Morgan fingerprint density at radius 1 is 1.24 bits per heavy atom. The first-order valence-electron chi connectivity index (χ1n) is 6.53. The van der Waals surface area contributed by atoms with E-state index in [4.69, 9.17) is 15.2 Å². The smallest absolute Gasteiger partial charge is 0.342 e. The number of halogens is 1. The maximum Gasteiger partial charge on any atom is 0.342 e. The van der Waals surface area contributed by atoms with Crippen LogP contribution in [0, 0.1) is 12.7 Å². The number of rotatable bonds is 4. The number of ether oxygens (including phenoxy) is 2. The van der Waals surface area contributed by atoms with Crippen molar-refractivity contribution < 1.29 is 18.7 Å². The molecule has 0 fully saturated rings. The number of carbonyl (C=O) groups is 1. The van der Waals surface area contributed by atoms with Crippen molar-refractivity contribution in [3.8, 4) is 11.5 Å². The topological polar surface area (TPSA) is 61.5 Å². The van der Waals surface area contributed by atoms with Crippen molar-refractivity contribution in [1.29, 1.82) is 0 Å². The monoisotopic (exact) mass is 289 g/mol. The van der Waals surface area contributed by atoms with E-state index in [1.54, 1.807) is 38.1 Å². The van der Waals surface area contributed by atoms with Crippen LogP contribution >= 0.6 is 0 Å². The van der Waals surface area contributed by atoms with Crippen LogP contribution in [-0.4, -0.2) is 12.6 Å². The molecule has 0 aliphatic rings. The van der Waals surface area contributed by atoms with Gasteiger partial charge in [-0.15, -0.1) is 0 Å². The molecule has 0 aliphatic heterocycles. The van der Waals surface area contributed by atoms with Gasteiger partial charge in [0.05, 0.1) is 12.3 Å². The molecule has 0 atom stereocenters. The Morgan fingerprint density at radius 3 is 2.67 bits per heavy atom. The highest BCUT2D eigenvalue weighted by atomic mass is 19.1. The number of esters is 1. The lowest BCUT2D eigenvalue weighted by atomic mass is 10.1. The molecular formula is C16H16FNO3. The summed E-state index contributed by atoms with van der Waals surface area (Å²) in [6.07, 6.45) is 0. The second-order valence-corrected chi connectivity index (χ2v) is 4.43. The summed E-state index contributed by atoms with van der Waals surface area (Å²) in [7, 11) is 0. The molecule has 0 aromatic heterocycles. The quantitative estimate of drug-likeness (QED) is 0.689. The number of benzene rings is 2. The first-order chi connectivity index (χ1) is 10.0. The predicted octanol–water partition coefficient (Wildman–Crippen LogP) is 3.69. The van der Waals surface area contributed by atoms with Crippen LogP contribution in [0.25, 0.3) is 0 Å². The summed E-state index contributed by atoms with van der Waals surface area (Å²) >= 11 is 0. The number of nitrogens with two attached hydrogens (primary N) is 1. The Kier molecular flexibility index (Phi) is 4.42. The fourth-order valence-corrected chi connectivity index (χ4v) is 1.85. The molecule has 2 aromatic rings. The van der Waals surface area contributed by atoms with Gasteiger partial charge in [-0.1, -0.05) is 18.2 Å². The van der Waals surface area contributed by atoms with Gasteiger partial charge in [0.1, 0.15) is 5.56 Å². The summed E-state index contributed by atoms with van der Waals surface area (Å²) in [6.45, 7) is 3.56. The summed E-state index contributed by atoms with van der Waals surface area (Å²) in [6, 6.07) is 9.48. The number of hydrogen-bond donors (Lipinski definition) is 1. The van der Waals surface area contributed by atoms with Crippen LogP contribution in [0.4, 0.5) is 10.1 Å². The van der Waals surface area contributed by atoms with Crippen molar-refractivity contribution in [2.45, 2.75) is 13.8 Å². The van der Waals surface area contributed by atoms with E-state index in [-0.39, 0.29) is 29.4 Å². The molecule has 2 aromatic carbocycles. The normalized spacial score (nSPS) is 10.2. The molecule has 0 saturated carbocycles. The van der Waals surface area contributed by atoms with Crippen molar-refractivity contribution >= 4 is 11.7 Å². The Balaban J connectivity index is 2.44. The van der Waals surface area contributed by atoms with Gasteiger partial charge >= 0.3 is 5.97 Å². The van der Waals surface area contributed by atoms with Gasteiger partial charge in [-0.3, -0.25) is 0 Å². The van der Waals surface area contributed by atoms with Gasteiger partial charge in [0.25, 0.3) is 0 Å². The maximum atomic E-state index is 14.0. The highest BCUT2D eigenvalue weighted by Gasteiger charge is 2.18. The van der Waals surface area contributed by atoms with Gasteiger partial charge in [-0.2, -0.15) is 0 Å². The first-order valence-corrected chi connectivity index (χ1v) is 6.53. The zero-order valence-corrected chi connectivity index (χ0v) is 11.9. The molecule has 0 unspecified atom stereocenters. The van der Waals surface area contributed by atoms with Crippen LogP contribution in [0.15, 0.2) is 36.4 Å². The highest BCUT2D eigenvalue weighted by molar-refractivity contribution is 5.94. The zero-order chi connectivity index (χ0) is 15.4. The average molecular weight is 289 g/mol. The Bertz CT molecular complexity index is 671. The SMILES string of the molecule is CCOC(=O)c1cccc(N)c1Oc1cccc(C)c1F. The second-order valence-electron chi connectivity index (χ2n) is 4.43. The summed E-state index contributed by atoms with van der Waals surface area (Å²) in [5, 5.41) is 0. The van der Waals surface area contributed by atoms with Crippen molar-refractivity contribution in [2.24, 2.45) is 0 Å². The van der Waals surface area contributed by atoms with Crippen LogP contribution in [0.5, 0.6) is 11.5 Å². The molecule has 110 valence electrons. The van der Waals surface area contributed by atoms with E-state index < -0.39 is 11.8 Å². The number of aryl methyl sites for hydroxylation is 1. The lowest BCUT2D eigenvalue weighted by Crippen LogP contribution is -2.08. The molecule has 0 aliphatic carbocycles. The summed E-state index contributed by atoms with van der Waals surface area (Å²) in [5.74, 6) is -0.942. The number of para-hydroxylation sites is 1. The Hall–Kier alpha value is -2.56. The maximum absolute atomic E-state index is 14.0. The summed E-state index contributed by atoms with van der Waals surface area (Å²) in [5.41, 5.74) is 6.68. The lowest BCUT2D eigenvalue weighted by molar-refractivity contribution is 0.0523. The van der Waals surface area contributed by atoms with E-state index in [0.717, 1.165) is 0 Å². The number of carbonyl (C=O) groups excluding carboxylic acids is 1. The zero-order valence-electron chi connectivity index (χ0n) is 11.9. The molecule has 2 N–H and O–H groups in total. The van der Waals surface area contributed by atoms with Crippen LogP contribution in [0.3, 0.4) is 0 Å². The minimum absolute atomic E-state index is 0.0125. The van der Waals surface area contributed by atoms with Gasteiger partial charge in [0, 0.05) is 0 Å². The van der Waals surface area contributed by atoms with Gasteiger partial charge in [0.15, 0.2) is 17.3 Å². The Morgan fingerprint density at radius 2 is 1.95 bits per heavy atom. The van der Waals surface area contributed by atoms with E-state index in [0.29, 0.717) is 5.56 Å². The molecule has 0 heterocycles. The third kappa shape index (κ3) is 3.13. The minimum atomic E-state index is -0.562. The fourth-order valence-electron chi connectivity index (χ4n) is 1.85. The molecule has 4 nitrogen and oxygen atoms in total. The van der Waals surface area contributed by atoms with Crippen molar-refractivity contribution in [3.63, 3.8) is 0 Å². The van der Waals surface area contributed by atoms with Gasteiger partial charge in [0.2, 0.25) is 0 Å². The summed E-state index contributed by atoms with van der Waals surface area (Å²) in [4.78, 5) is 11.9. The molecule has 0 spiro atoms. The van der Waals surface area contributed by atoms with Crippen LogP contribution in [-0.2, 0) is 4.74 Å². The largest absolute Gasteiger partial charge is 0.462 e. The molecule has 0 radical (unpaired) electrons. The van der Waals surface area contributed by atoms with Gasteiger partial charge in [-0.05, 0) is 37.6 Å². The van der Waals surface area contributed by atoms with E-state index in [9.17, 15) is 9.18 Å². The van der Waals surface area contributed by atoms with Gasteiger partial charge in [-0.25, -0.2) is 9.18 Å². The first kappa shape index (κ1) is 14.8. The van der Waals surface area contributed by atoms with E-state index >= 15 is 0 Å². The number of nitrogen functional groups attached to an aromatic ring is 1. The van der Waals surface area contributed by atoms with Crippen LogP contribution in [0.1, 0.15) is 22.8 Å². The third-order valence-corrected chi connectivity index (χ3v) is 2.91. The predicted molar refractivity (Wildman–Crippen MR) is 78.0 cm³/mol. The molecular weight excluding hydrogens is 273 g/mol. The van der Waals surface area contributed by atoms with Crippen molar-refractivity contribution in [3.05, 3.63) is 53.3 Å².